The molecule has 0 aliphatic carbocycles. The first kappa shape index (κ1) is 29.2. The standard InChI is InChI=1S/C30H44N2O4/c1-5-23(3)25-15-9-11-17-27(25)35-21-29(33)31-19-13-7-8-14-20-32-30(34)22-36-28-18-12-10-16-26(28)24(4)6-2/h9-12,15-18,23-24H,5-8,13-14,19-22H2,1-4H3,(H,31,33)(H,32,34)/t23-,24+. The lowest BCUT2D eigenvalue weighted by atomic mass is 9.98. The van der Waals surface area contributed by atoms with Crippen molar-refractivity contribution < 1.29 is 19.1 Å². The van der Waals surface area contributed by atoms with Gasteiger partial charge in [-0.15, -0.1) is 0 Å². The van der Waals surface area contributed by atoms with Crippen molar-refractivity contribution >= 4 is 11.8 Å². The maximum atomic E-state index is 12.1. The molecule has 0 unspecified atom stereocenters. The summed E-state index contributed by atoms with van der Waals surface area (Å²) in [5, 5.41) is 5.85. The summed E-state index contributed by atoms with van der Waals surface area (Å²) in [4.78, 5) is 24.2. The number of amides is 2. The minimum atomic E-state index is -0.101. The number of carbonyl (C=O) groups excluding carboxylic acids is 2. The summed E-state index contributed by atoms with van der Waals surface area (Å²) in [6.07, 6.45) is 5.84. The molecule has 0 spiro atoms. The Hall–Kier alpha value is -3.02. The van der Waals surface area contributed by atoms with Crippen LogP contribution in [0.15, 0.2) is 48.5 Å². The van der Waals surface area contributed by atoms with Crippen LogP contribution in [0.2, 0.25) is 0 Å². The summed E-state index contributed by atoms with van der Waals surface area (Å²) in [7, 11) is 0. The predicted octanol–water partition coefficient (Wildman–Crippen LogP) is 5.96. The smallest absolute Gasteiger partial charge is 0.257 e. The fourth-order valence-corrected chi connectivity index (χ4v) is 3.93. The number of nitrogens with one attached hydrogen (secondary N) is 2. The summed E-state index contributed by atoms with van der Waals surface area (Å²) in [6.45, 7) is 9.94. The summed E-state index contributed by atoms with van der Waals surface area (Å²) in [6, 6.07) is 15.8. The predicted molar refractivity (Wildman–Crippen MR) is 146 cm³/mol. The monoisotopic (exact) mass is 496 g/mol. The minimum Gasteiger partial charge on any atom is -0.483 e. The Balaban J connectivity index is 1.52. The van der Waals surface area contributed by atoms with Gasteiger partial charge in [0.15, 0.2) is 13.2 Å². The fourth-order valence-electron chi connectivity index (χ4n) is 3.93. The molecular formula is C30H44N2O4. The quantitative estimate of drug-likeness (QED) is 0.265. The molecule has 198 valence electrons. The van der Waals surface area contributed by atoms with E-state index in [2.05, 4.69) is 50.5 Å². The molecule has 6 nitrogen and oxygen atoms in total. The van der Waals surface area contributed by atoms with E-state index in [-0.39, 0.29) is 25.0 Å². The molecular weight excluding hydrogens is 452 g/mol. The van der Waals surface area contributed by atoms with Crippen LogP contribution in [0.4, 0.5) is 0 Å². The van der Waals surface area contributed by atoms with Crippen LogP contribution in [0.25, 0.3) is 0 Å². The Labute approximate surface area is 217 Å². The summed E-state index contributed by atoms with van der Waals surface area (Å²) < 4.78 is 11.5. The maximum Gasteiger partial charge on any atom is 0.257 e. The molecule has 2 aromatic carbocycles. The van der Waals surface area contributed by atoms with Crippen molar-refractivity contribution in [2.24, 2.45) is 0 Å². The molecule has 2 atom stereocenters. The van der Waals surface area contributed by atoms with Crippen LogP contribution in [-0.2, 0) is 9.59 Å². The van der Waals surface area contributed by atoms with Gasteiger partial charge in [0, 0.05) is 13.1 Å². The lowest BCUT2D eigenvalue weighted by molar-refractivity contribution is -0.123. The number of hydrogen-bond acceptors (Lipinski definition) is 4. The van der Waals surface area contributed by atoms with E-state index >= 15 is 0 Å². The van der Waals surface area contributed by atoms with Gasteiger partial charge in [0.25, 0.3) is 11.8 Å². The Bertz CT molecular complexity index is 855. The largest absolute Gasteiger partial charge is 0.483 e. The number of benzene rings is 2. The Morgan fingerprint density at radius 1 is 0.667 bits per heavy atom. The van der Waals surface area contributed by atoms with E-state index < -0.39 is 0 Å². The van der Waals surface area contributed by atoms with Crippen molar-refractivity contribution in [2.45, 2.75) is 78.1 Å². The first-order valence-corrected chi connectivity index (χ1v) is 13.4. The average Bonchev–Trinajstić information content (AvgIpc) is 2.91. The van der Waals surface area contributed by atoms with Gasteiger partial charge in [-0.05, 0) is 60.8 Å². The zero-order valence-corrected chi connectivity index (χ0v) is 22.5. The topological polar surface area (TPSA) is 76.7 Å². The van der Waals surface area contributed by atoms with Gasteiger partial charge in [-0.3, -0.25) is 9.59 Å². The van der Waals surface area contributed by atoms with Gasteiger partial charge < -0.3 is 20.1 Å². The highest BCUT2D eigenvalue weighted by atomic mass is 16.5. The van der Waals surface area contributed by atoms with Crippen molar-refractivity contribution in [3.05, 3.63) is 59.7 Å². The van der Waals surface area contributed by atoms with Gasteiger partial charge in [-0.1, -0.05) is 76.9 Å². The van der Waals surface area contributed by atoms with Gasteiger partial charge in [0.1, 0.15) is 11.5 Å². The van der Waals surface area contributed by atoms with Crippen molar-refractivity contribution in [1.29, 1.82) is 0 Å². The van der Waals surface area contributed by atoms with Crippen LogP contribution < -0.4 is 20.1 Å². The molecule has 0 fully saturated rings. The molecule has 2 aromatic rings. The Kier molecular flexibility index (Phi) is 13.5. The highest BCUT2D eigenvalue weighted by Crippen LogP contribution is 2.29. The summed E-state index contributed by atoms with van der Waals surface area (Å²) >= 11 is 0. The second-order valence-corrected chi connectivity index (χ2v) is 9.39. The molecule has 0 radical (unpaired) electrons. The van der Waals surface area contributed by atoms with Gasteiger partial charge in [0.05, 0.1) is 0 Å². The SMILES string of the molecule is CC[C@@H](C)c1ccccc1OCC(=O)NCCCCCCNC(=O)COc1ccccc1[C@@H](C)CC. The van der Waals surface area contributed by atoms with E-state index in [0.717, 1.165) is 61.2 Å². The van der Waals surface area contributed by atoms with Crippen LogP contribution in [-0.4, -0.2) is 38.1 Å². The third kappa shape index (κ3) is 10.3. The summed E-state index contributed by atoms with van der Waals surface area (Å²) in [5.41, 5.74) is 2.28. The van der Waals surface area contributed by atoms with Gasteiger partial charge >= 0.3 is 0 Å². The Morgan fingerprint density at radius 3 is 1.44 bits per heavy atom. The van der Waals surface area contributed by atoms with Crippen molar-refractivity contribution in [3.8, 4) is 11.5 Å². The second-order valence-electron chi connectivity index (χ2n) is 9.39. The molecule has 2 rings (SSSR count). The first-order chi connectivity index (χ1) is 17.5. The molecule has 6 heteroatoms. The molecule has 2 N–H and O–H groups in total. The molecule has 0 aromatic heterocycles. The Morgan fingerprint density at radius 2 is 1.06 bits per heavy atom. The minimum absolute atomic E-state index is 0.0311. The van der Waals surface area contributed by atoms with Crippen molar-refractivity contribution in [1.82, 2.24) is 10.6 Å². The zero-order chi connectivity index (χ0) is 26.2. The van der Waals surface area contributed by atoms with E-state index in [4.69, 9.17) is 9.47 Å². The molecule has 0 saturated carbocycles. The molecule has 0 bridgehead atoms. The third-order valence-corrected chi connectivity index (χ3v) is 6.59. The van der Waals surface area contributed by atoms with Gasteiger partial charge in [-0.2, -0.15) is 0 Å². The third-order valence-electron chi connectivity index (χ3n) is 6.59. The summed E-state index contributed by atoms with van der Waals surface area (Å²) in [5.74, 6) is 2.16. The number of unbranched alkanes of at least 4 members (excludes halogenated alkanes) is 3. The molecule has 0 aliphatic heterocycles. The fraction of sp³-hybridized carbons (Fsp3) is 0.533. The van der Waals surface area contributed by atoms with E-state index in [9.17, 15) is 9.59 Å². The first-order valence-electron chi connectivity index (χ1n) is 13.4. The molecule has 2 amide bonds. The highest BCUT2D eigenvalue weighted by Gasteiger charge is 2.12. The van der Waals surface area contributed by atoms with Gasteiger partial charge in [-0.25, -0.2) is 0 Å². The van der Waals surface area contributed by atoms with Crippen LogP contribution in [0, 0.1) is 0 Å². The number of rotatable bonds is 17. The van der Waals surface area contributed by atoms with Crippen molar-refractivity contribution in [3.63, 3.8) is 0 Å². The lowest BCUT2D eigenvalue weighted by Gasteiger charge is -2.15. The number of para-hydroxylation sites is 2. The lowest BCUT2D eigenvalue weighted by Crippen LogP contribution is -2.30. The van der Waals surface area contributed by atoms with E-state index in [0.29, 0.717) is 24.9 Å². The highest BCUT2D eigenvalue weighted by molar-refractivity contribution is 5.77. The van der Waals surface area contributed by atoms with Crippen LogP contribution >= 0.6 is 0 Å². The second kappa shape index (κ2) is 16.6. The molecule has 0 aliphatic rings. The van der Waals surface area contributed by atoms with E-state index in [1.807, 2.05) is 36.4 Å². The zero-order valence-electron chi connectivity index (χ0n) is 22.5. The normalized spacial score (nSPS) is 12.4. The maximum absolute atomic E-state index is 12.1. The van der Waals surface area contributed by atoms with Crippen LogP contribution in [0.5, 0.6) is 11.5 Å². The van der Waals surface area contributed by atoms with Crippen LogP contribution in [0.1, 0.15) is 89.2 Å². The average molecular weight is 497 g/mol. The molecule has 0 heterocycles. The van der Waals surface area contributed by atoms with E-state index in [1.54, 1.807) is 0 Å². The van der Waals surface area contributed by atoms with Crippen molar-refractivity contribution in [2.75, 3.05) is 26.3 Å². The molecule has 0 saturated heterocycles. The number of carbonyl (C=O) groups is 2. The number of hydrogen-bond donors (Lipinski definition) is 2. The molecule has 36 heavy (non-hydrogen) atoms. The number of ether oxygens (including phenoxy) is 2. The van der Waals surface area contributed by atoms with Crippen LogP contribution in [0.3, 0.4) is 0 Å². The van der Waals surface area contributed by atoms with Gasteiger partial charge in [0.2, 0.25) is 0 Å². The van der Waals surface area contributed by atoms with E-state index in [1.165, 1.54) is 0 Å².